The smallest absolute Gasteiger partial charge is 0.195 e. The Bertz CT molecular complexity index is 868. The Morgan fingerprint density at radius 3 is 1.03 bits per heavy atom. The molecule has 34 heavy (non-hydrogen) atoms. The van der Waals surface area contributed by atoms with Crippen LogP contribution < -0.4 is 0 Å². The molecule has 0 heterocycles. The third-order valence-electron chi connectivity index (χ3n) is 6.44. The van der Waals surface area contributed by atoms with Crippen LogP contribution in [0.5, 0.6) is 0 Å². The van der Waals surface area contributed by atoms with Crippen LogP contribution in [0.1, 0.15) is 57.7 Å². The highest BCUT2D eigenvalue weighted by Gasteiger charge is 2.78. The predicted molar refractivity (Wildman–Crippen MR) is 93.6 cm³/mol. The first-order valence-electron chi connectivity index (χ1n) is 9.44. The van der Waals surface area contributed by atoms with E-state index in [-0.39, 0.29) is 18.6 Å². The average molecular weight is 526 g/mol. The predicted octanol–water partition coefficient (Wildman–Crippen LogP) is 8.77. The van der Waals surface area contributed by atoms with Crippen LogP contribution in [-0.4, -0.2) is 30.6 Å². The van der Waals surface area contributed by atoms with Crippen molar-refractivity contribution >= 4 is 0 Å². The molecule has 1 rings (SSSR count). The molecular formula is C20H20F14. The second-order valence-electron chi connectivity index (χ2n) is 8.85. The normalized spacial score (nSPS) is 17.0. The van der Waals surface area contributed by atoms with E-state index in [9.17, 15) is 61.5 Å². The summed E-state index contributed by atoms with van der Waals surface area (Å²) in [6.07, 6.45) is -25.8. The summed E-state index contributed by atoms with van der Waals surface area (Å²) in [5.74, 6) is -6.61. The Morgan fingerprint density at radius 2 is 0.765 bits per heavy atom. The molecule has 0 bridgehead atoms. The molecule has 0 aliphatic heterocycles. The number of benzene rings is 1. The summed E-state index contributed by atoms with van der Waals surface area (Å²) < 4.78 is 191. The van der Waals surface area contributed by atoms with Crippen molar-refractivity contribution in [3.63, 3.8) is 0 Å². The van der Waals surface area contributed by atoms with Gasteiger partial charge in [-0.2, -0.15) is 61.5 Å². The Morgan fingerprint density at radius 1 is 0.471 bits per heavy atom. The Labute approximate surface area is 185 Å². The summed E-state index contributed by atoms with van der Waals surface area (Å²) in [6.45, 7) is 2.64. The molecule has 0 aromatic heterocycles. The van der Waals surface area contributed by atoms with Gasteiger partial charge < -0.3 is 0 Å². The first-order valence-corrected chi connectivity index (χ1v) is 9.44. The monoisotopic (exact) mass is 526 g/mol. The van der Waals surface area contributed by atoms with Crippen molar-refractivity contribution in [2.75, 3.05) is 0 Å². The maximum Gasteiger partial charge on any atom is 0.454 e. The fourth-order valence-electron chi connectivity index (χ4n) is 3.09. The number of hydrogen-bond donors (Lipinski definition) is 0. The van der Waals surface area contributed by atoms with Crippen molar-refractivity contribution in [3.8, 4) is 0 Å². The zero-order valence-corrected chi connectivity index (χ0v) is 18.2. The molecule has 0 saturated carbocycles. The average Bonchev–Trinajstić information content (AvgIpc) is 2.62. The van der Waals surface area contributed by atoms with E-state index in [4.69, 9.17) is 0 Å². The molecule has 0 nitrogen and oxygen atoms in total. The van der Waals surface area contributed by atoms with Gasteiger partial charge in [-0.1, -0.05) is 39.0 Å². The van der Waals surface area contributed by atoms with Gasteiger partial charge in [0.05, 0.1) is 0 Å². The van der Waals surface area contributed by atoms with Gasteiger partial charge in [0.2, 0.25) is 0 Å². The van der Waals surface area contributed by atoms with Crippen molar-refractivity contribution in [2.45, 2.75) is 87.9 Å². The van der Waals surface area contributed by atoms with Crippen LogP contribution in [0.2, 0.25) is 0 Å². The van der Waals surface area contributed by atoms with Gasteiger partial charge in [-0.3, -0.25) is 0 Å². The summed E-state index contributed by atoms with van der Waals surface area (Å²) in [4.78, 5) is 0. The van der Waals surface area contributed by atoms with E-state index in [0.717, 1.165) is 0 Å². The van der Waals surface area contributed by atoms with Crippen molar-refractivity contribution in [1.82, 2.24) is 0 Å². The molecule has 0 fully saturated rings. The number of hydrogen-bond acceptors (Lipinski definition) is 0. The van der Waals surface area contributed by atoms with Crippen LogP contribution >= 0.6 is 0 Å². The van der Waals surface area contributed by atoms with Gasteiger partial charge >= 0.3 is 30.6 Å². The second kappa shape index (κ2) is 8.14. The van der Waals surface area contributed by atoms with E-state index in [1.54, 1.807) is 0 Å². The van der Waals surface area contributed by atoms with Gasteiger partial charge in [0.25, 0.3) is 0 Å². The summed E-state index contributed by atoms with van der Waals surface area (Å²) in [5, 5.41) is 0. The van der Waals surface area contributed by atoms with E-state index >= 15 is 0 Å². The molecule has 1 atom stereocenters. The zero-order valence-electron chi connectivity index (χ0n) is 18.2. The maximum atomic E-state index is 14.3. The van der Waals surface area contributed by atoms with Crippen LogP contribution in [0.25, 0.3) is 0 Å². The first kappa shape index (κ1) is 30.3. The van der Waals surface area contributed by atoms with E-state index in [2.05, 4.69) is 0 Å². The standard InChI is InChI=1S/C20H20F14/c1-6-13(2,3)10-7-11(14(4,17(23,24)25)16(21,22)20(32,33)34)9-12(8-10)15(5,18(26,27)28)19(29,30)31/h7-9H,6H2,1-5H3. The molecule has 0 N–H and O–H groups in total. The van der Waals surface area contributed by atoms with Crippen molar-refractivity contribution in [2.24, 2.45) is 0 Å². The van der Waals surface area contributed by atoms with E-state index < -0.39 is 83.5 Å². The van der Waals surface area contributed by atoms with E-state index in [1.165, 1.54) is 20.8 Å². The molecule has 1 unspecified atom stereocenters. The van der Waals surface area contributed by atoms with Gasteiger partial charge in [0, 0.05) is 0 Å². The van der Waals surface area contributed by atoms with Crippen molar-refractivity contribution < 1.29 is 61.5 Å². The molecule has 1 aromatic rings. The van der Waals surface area contributed by atoms with Gasteiger partial charge in [0.1, 0.15) is 0 Å². The van der Waals surface area contributed by atoms with Gasteiger partial charge in [0.15, 0.2) is 10.8 Å². The van der Waals surface area contributed by atoms with Crippen LogP contribution in [0.3, 0.4) is 0 Å². The van der Waals surface area contributed by atoms with E-state index in [0.29, 0.717) is 0 Å². The highest BCUT2D eigenvalue weighted by atomic mass is 19.4. The highest BCUT2D eigenvalue weighted by Crippen LogP contribution is 2.59. The van der Waals surface area contributed by atoms with Gasteiger partial charge in [-0.15, -0.1) is 0 Å². The van der Waals surface area contributed by atoms with Crippen LogP contribution in [0.15, 0.2) is 18.2 Å². The lowest BCUT2D eigenvalue weighted by Crippen LogP contribution is -2.61. The molecule has 0 amide bonds. The minimum Gasteiger partial charge on any atom is -0.195 e. The summed E-state index contributed by atoms with van der Waals surface area (Å²) in [6, 6.07) is -0.146. The summed E-state index contributed by atoms with van der Waals surface area (Å²) in [5.41, 5.74) is -16.3. The molecule has 0 radical (unpaired) electrons. The highest BCUT2D eigenvalue weighted by molar-refractivity contribution is 5.45. The molecule has 1 aromatic carbocycles. The number of alkyl halides is 14. The number of halogens is 14. The maximum absolute atomic E-state index is 14.3. The third kappa shape index (κ3) is 4.45. The lowest BCUT2D eigenvalue weighted by Gasteiger charge is -2.42. The second-order valence-corrected chi connectivity index (χ2v) is 8.85. The van der Waals surface area contributed by atoms with Crippen LogP contribution in [-0.2, 0) is 16.2 Å². The topological polar surface area (TPSA) is 0 Å². The van der Waals surface area contributed by atoms with Gasteiger partial charge in [-0.25, -0.2) is 0 Å². The first-order chi connectivity index (χ1) is 14.6. The Hall–Kier alpha value is -1.76. The fraction of sp³-hybridized carbons (Fsp3) is 0.700. The van der Waals surface area contributed by atoms with E-state index in [1.807, 2.05) is 0 Å². The van der Waals surface area contributed by atoms with Crippen LogP contribution in [0, 0.1) is 0 Å². The van der Waals surface area contributed by atoms with Crippen molar-refractivity contribution in [3.05, 3.63) is 34.9 Å². The Kier molecular flexibility index (Phi) is 7.25. The molecule has 0 saturated heterocycles. The summed E-state index contributed by atoms with van der Waals surface area (Å²) in [7, 11) is 0. The molecule has 198 valence electrons. The van der Waals surface area contributed by atoms with Crippen LogP contribution in [0.4, 0.5) is 61.5 Å². The molecule has 0 spiro atoms. The van der Waals surface area contributed by atoms with Gasteiger partial charge in [-0.05, 0) is 42.4 Å². The molecule has 0 aliphatic carbocycles. The fourth-order valence-corrected chi connectivity index (χ4v) is 3.09. The molecule has 14 heteroatoms. The third-order valence-corrected chi connectivity index (χ3v) is 6.44. The minimum atomic E-state index is -6.84. The Balaban J connectivity index is 4.36. The molecular weight excluding hydrogens is 506 g/mol. The minimum absolute atomic E-state index is 0.122. The largest absolute Gasteiger partial charge is 0.454 e. The summed E-state index contributed by atoms with van der Waals surface area (Å²) >= 11 is 0. The number of rotatable bonds is 5. The van der Waals surface area contributed by atoms with Crippen molar-refractivity contribution in [1.29, 1.82) is 0 Å². The quantitative estimate of drug-likeness (QED) is 0.337. The SMILES string of the molecule is CCC(C)(C)c1cc(C(C)(C(F)(F)F)C(F)(F)F)cc(C(C)(C(F)(F)F)C(F)(F)C(F)(F)F)c1. The lowest BCUT2D eigenvalue weighted by molar-refractivity contribution is -0.354. The molecule has 0 aliphatic rings. The lowest BCUT2D eigenvalue weighted by atomic mass is 9.69. The zero-order chi connectivity index (χ0) is 27.6.